The van der Waals surface area contributed by atoms with Crippen LogP contribution >= 0.6 is 27.3 Å². The fourth-order valence-corrected chi connectivity index (χ4v) is 1.96. The Morgan fingerprint density at radius 1 is 1.38 bits per heavy atom. The molecule has 0 radical (unpaired) electrons. The molecule has 0 aliphatic heterocycles. The van der Waals surface area contributed by atoms with E-state index in [0.717, 1.165) is 21.5 Å². The molecule has 1 heterocycles. The van der Waals surface area contributed by atoms with Gasteiger partial charge in [-0.1, -0.05) is 27.3 Å². The maximum Gasteiger partial charge on any atom is 0.267 e. The van der Waals surface area contributed by atoms with Crippen LogP contribution in [0.5, 0.6) is 0 Å². The summed E-state index contributed by atoms with van der Waals surface area (Å²) in [7, 11) is 0. The first kappa shape index (κ1) is 11.1. The molecule has 4 nitrogen and oxygen atoms in total. The molecule has 16 heavy (non-hydrogen) atoms. The molecule has 0 aliphatic rings. The van der Waals surface area contributed by atoms with Crippen LogP contribution in [0.4, 0.5) is 10.8 Å². The van der Waals surface area contributed by atoms with Gasteiger partial charge in [0.2, 0.25) is 0 Å². The van der Waals surface area contributed by atoms with E-state index in [1.54, 1.807) is 0 Å². The fraction of sp³-hybridized carbons (Fsp3) is 0. The summed E-state index contributed by atoms with van der Waals surface area (Å²) in [5, 5.41) is 3.14. The first-order valence-corrected chi connectivity index (χ1v) is 6.04. The average molecular weight is 298 g/mol. The van der Waals surface area contributed by atoms with E-state index >= 15 is 0 Å². The number of nitrogens with two attached hydrogens (primary N) is 1. The number of carbonyl (C=O) groups is 1. The number of benzene rings is 1. The van der Waals surface area contributed by atoms with Gasteiger partial charge >= 0.3 is 0 Å². The van der Waals surface area contributed by atoms with Crippen molar-refractivity contribution in [1.29, 1.82) is 0 Å². The molecular weight excluding hydrogens is 290 g/mol. The summed E-state index contributed by atoms with van der Waals surface area (Å²) in [6, 6.07) is 7.34. The lowest BCUT2D eigenvalue weighted by Gasteiger charge is -2.02. The van der Waals surface area contributed by atoms with E-state index in [4.69, 9.17) is 5.73 Å². The highest BCUT2D eigenvalue weighted by atomic mass is 79.9. The summed E-state index contributed by atoms with van der Waals surface area (Å²) in [5.74, 6) is -0.198. The minimum Gasteiger partial charge on any atom is -0.375 e. The lowest BCUT2D eigenvalue weighted by molar-refractivity contribution is 0.103. The number of nitrogens with zero attached hydrogens (tertiary/aromatic N) is 1. The second-order valence-corrected chi connectivity index (χ2v) is 5.00. The number of hydrogen-bond donors (Lipinski definition) is 2. The summed E-state index contributed by atoms with van der Waals surface area (Å²) in [6.45, 7) is 0. The average Bonchev–Trinajstić information content (AvgIpc) is 2.68. The molecule has 0 fully saturated rings. The van der Waals surface area contributed by atoms with E-state index in [0.29, 0.717) is 10.0 Å². The first-order chi connectivity index (χ1) is 7.65. The molecule has 3 N–H and O–H groups in total. The minimum atomic E-state index is -0.198. The molecule has 0 atom stereocenters. The van der Waals surface area contributed by atoms with E-state index in [1.807, 2.05) is 24.3 Å². The van der Waals surface area contributed by atoms with Crippen molar-refractivity contribution in [3.8, 4) is 0 Å². The number of hydrogen-bond acceptors (Lipinski definition) is 4. The van der Waals surface area contributed by atoms with E-state index in [1.165, 1.54) is 6.20 Å². The Hall–Kier alpha value is -1.40. The smallest absolute Gasteiger partial charge is 0.267 e. The van der Waals surface area contributed by atoms with E-state index in [2.05, 4.69) is 26.2 Å². The van der Waals surface area contributed by atoms with Gasteiger partial charge in [0.1, 0.15) is 4.88 Å². The number of rotatable bonds is 2. The third kappa shape index (κ3) is 2.59. The topological polar surface area (TPSA) is 68.0 Å². The van der Waals surface area contributed by atoms with Gasteiger partial charge in [0, 0.05) is 10.2 Å². The molecule has 1 aromatic carbocycles. The molecule has 0 spiro atoms. The second kappa shape index (κ2) is 4.63. The molecule has 0 aliphatic carbocycles. The lowest BCUT2D eigenvalue weighted by Crippen LogP contribution is -2.09. The summed E-state index contributed by atoms with van der Waals surface area (Å²) in [6.07, 6.45) is 1.47. The Morgan fingerprint density at radius 3 is 2.62 bits per heavy atom. The lowest BCUT2D eigenvalue weighted by atomic mass is 10.3. The zero-order valence-corrected chi connectivity index (χ0v) is 10.5. The van der Waals surface area contributed by atoms with Crippen molar-refractivity contribution in [3.05, 3.63) is 39.8 Å². The summed E-state index contributed by atoms with van der Waals surface area (Å²) in [5.41, 5.74) is 6.19. The van der Waals surface area contributed by atoms with Gasteiger partial charge in [-0.3, -0.25) is 4.79 Å². The fourth-order valence-electron chi connectivity index (χ4n) is 1.12. The second-order valence-electron chi connectivity index (χ2n) is 3.02. The Morgan fingerprint density at radius 2 is 2.06 bits per heavy atom. The van der Waals surface area contributed by atoms with Gasteiger partial charge in [0.25, 0.3) is 5.91 Å². The Balaban J connectivity index is 2.10. The van der Waals surface area contributed by atoms with Gasteiger partial charge in [-0.05, 0) is 24.3 Å². The maximum absolute atomic E-state index is 11.7. The van der Waals surface area contributed by atoms with Crippen LogP contribution in [0.2, 0.25) is 0 Å². The van der Waals surface area contributed by atoms with E-state index < -0.39 is 0 Å². The quantitative estimate of drug-likeness (QED) is 0.895. The molecule has 1 amide bonds. The third-order valence-corrected chi connectivity index (χ3v) is 3.20. The molecule has 2 aromatic rings. The predicted molar refractivity (Wildman–Crippen MR) is 68.6 cm³/mol. The summed E-state index contributed by atoms with van der Waals surface area (Å²) in [4.78, 5) is 16.0. The number of anilines is 2. The zero-order chi connectivity index (χ0) is 11.5. The minimum absolute atomic E-state index is 0.198. The van der Waals surface area contributed by atoms with Gasteiger partial charge in [-0.2, -0.15) is 0 Å². The summed E-state index contributed by atoms with van der Waals surface area (Å²) >= 11 is 4.49. The number of aromatic nitrogens is 1. The number of amides is 1. The third-order valence-electron chi connectivity index (χ3n) is 1.85. The molecule has 1 aromatic heterocycles. The SMILES string of the molecule is Nc1ncc(C(=O)Nc2ccc(Br)cc2)s1. The number of carbonyl (C=O) groups excluding carboxylic acids is 1. The maximum atomic E-state index is 11.7. The van der Waals surface area contributed by atoms with Crippen molar-refractivity contribution in [2.45, 2.75) is 0 Å². The van der Waals surface area contributed by atoms with Gasteiger partial charge < -0.3 is 11.1 Å². The van der Waals surface area contributed by atoms with Crippen molar-refractivity contribution in [3.63, 3.8) is 0 Å². The predicted octanol–water partition coefficient (Wildman–Crippen LogP) is 2.74. The van der Waals surface area contributed by atoms with Gasteiger partial charge in [0.15, 0.2) is 5.13 Å². The number of nitrogen functional groups attached to an aromatic ring is 1. The monoisotopic (exact) mass is 297 g/mol. The van der Waals surface area contributed by atoms with Crippen molar-refractivity contribution in [2.24, 2.45) is 0 Å². The van der Waals surface area contributed by atoms with Gasteiger partial charge in [-0.15, -0.1) is 0 Å². The molecule has 6 heteroatoms. The molecule has 0 unspecified atom stereocenters. The normalized spacial score (nSPS) is 10.1. The van der Waals surface area contributed by atoms with Crippen LogP contribution in [0.25, 0.3) is 0 Å². The Kier molecular flexibility index (Phi) is 3.21. The molecule has 2 rings (SSSR count). The zero-order valence-electron chi connectivity index (χ0n) is 8.11. The highest BCUT2D eigenvalue weighted by Gasteiger charge is 2.09. The van der Waals surface area contributed by atoms with E-state index in [-0.39, 0.29) is 5.91 Å². The van der Waals surface area contributed by atoms with Crippen molar-refractivity contribution >= 4 is 44.0 Å². The van der Waals surface area contributed by atoms with Crippen LogP contribution in [0.15, 0.2) is 34.9 Å². The standard InChI is InChI=1S/C10H8BrN3OS/c11-6-1-3-7(4-2-6)14-9(15)8-5-13-10(12)16-8/h1-5H,(H2,12,13)(H,14,15). The van der Waals surface area contributed by atoms with E-state index in [9.17, 15) is 4.79 Å². The molecule has 82 valence electrons. The van der Waals surface area contributed by atoms with Crippen molar-refractivity contribution in [2.75, 3.05) is 11.1 Å². The highest BCUT2D eigenvalue weighted by molar-refractivity contribution is 9.10. The number of nitrogens with one attached hydrogen (secondary N) is 1. The molecule has 0 saturated heterocycles. The van der Waals surface area contributed by atoms with Crippen LogP contribution in [0.1, 0.15) is 9.67 Å². The van der Waals surface area contributed by atoms with Crippen molar-refractivity contribution in [1.82, 2.24) is 4.98 Å². The number of thiazole rings is 1. The molecular formula is C10H8BrN3OS. The van der Waals surface area contributed by atoms with Gasteiger partial charge in [-0.25, -0.2) is 4.98 Å². The van der Waals surface area contributed by atoms with Gasteiger partial charge in [0.05, 0.1) is 6.20 Å². The first-order valence-electron chi connectivity index (χ1n) is 4.43. The van der Waals surface area contributed by atoms with Crippen molar-refractivity contribution < 1.29 is 4.79 Å². The largest absolute Gasteiger partial charge is 0.375 e. The Labute approximate surface area is 105 Å². The summed E-state index contributed by atoms with van der Waals surface area (Å²) < 4.78 is 0.965. The Bertz CT molecular complexity index is 509. The number of halogens is 1. The van der Waals surface area contributed by atoms with Crippen LogP contribution in [-0.2, 0) is 0 Å². The highest BCUT2D eigenvalue weighted by Crippen LogP contribution is 2.18. The van der Waals surface area contributed by atoms with Crippen LogP contribution in [-0.4, -0.2) is 10.9 Å². The van der Waals surface area contributed by atoms with Crippen LogP contribution in [0, 0.1) is 0 Å². The molecule has 0 bridgehead atoms. The molecule has 0 saturated carbocycles. The van der Waals surface area contributed by atoms with Crippen LogP contribution in [0.3, 0.4) is 0 Å². The van der Waals surface area contributed by atoms with Crippen LogP contribution < -0.4 is 11.1 Å².